The van der Waals surface area contributed by atoms with Gasteiger partial charge in [0.2, 0.25) is 0 Å². The third-order valence-corrected chi connectivity index (χ3v) is 0.362. The average molecular weight is 88.1 g/mol. The van der Waals surface area contributed by atoms with E-state index in [1.54, 1.807) is 0 Å². The van der Waals surface area contributed by atoms with Crippen LogP contribution in [0.3, 0.4) is 0 Å². The summed E-state index contributed by atoms with van der Waals surface area (Å²) in [5.41, 5.74) is 0.103. The van der Waals surface area contributed by atoms with Crippen molar-refractivity contribution in [3.05, 3.63) is 12.2 Å². The number of nitrogens with two attached hydrogens (primary N) is 1. The lowest BCUT2D eigenvalue weighted by Gasteiger charge is -1.67. The fraction of sp³-hybridized carbons (Fsp3) is 0. The van der Waals surface area contributed by atoms with E-state index in [0.717, 1.165) is 0 Å². The van der Waals surface area contributed by atoms with Gasteiger partial charge in [0.25, 0.3) is 0 Å². The molecule has 0 bridgehead atoms. The van der Waals surface area contributed by atoms with Crippen LogP contribution in [0.25, 0.3) is 0 Å². The molecule has 3 nitrogen and oxygen atoms in total. The highest BCUT2D eigenvalue weighted by Crippen LogP contribution is 1.86. The van der Waals surface area contributed by atoms with Crippen LogP contribution in [0.15, 0.2) is 12.2 Å². The number of H-pyrrole nitrogens is 1. The van der Waals surface area contributed by atoms with Crippen molar-refractivity contribution in [1.82, 2.24) is 10.2 Å². The number of aromatic amines is 1. The number of hydrogen-bond acceptors (Lipinski definition) is 2. The van der Waals surface area contributed by atoms with Gasteiger partial charge in [-0.05, 0) is 6.04 Å². The molecule has 1 aromatic heterocycles. The maximum Gasteiger partial charge on any atom is 0.189 e. The zero-order valence-corrected chi connectivity index (χ0v) is 2.84. The fourth-order valence-corrected chi connectivity index (χ4v) is 0.172. The normalized spacial score (nSPS) is 19.7. The van der Waals surface area contributed by atoms with Crippen LogP contribution in [0.4, 0.5) is 5.82 Å². The smallest absolute Gasteiger partial charge is 0.189 e. The fourth-order valence-electron chi connectivity index (χ4n) is 0.172. The third-order valence-electron chi connectivity index (χ3n) is 0.362. The number of nitrogens with zero attached hydrogens (tertiary/aromatic N) is 1. The number of hydrogen-bond donors (Lipinski definition) is 2. The van der Waals surface area contributed by atoms with Crippen LogP contribution in [-0.4, -0.2) is 10.2 Å². The number of rotatable bonds is 1. The van der Waals surface area contributed by atoms with E-state index < -0.39 is 6.17 Å². The summed E-state index contributed by atoms with van der Waals surface area (Å²) in [6.07, 6.45) is -0.426. The second-order valence-electron chi connectivity index (χ2n) is 0.760. The molecule has 0 saturated carbocycles. The Morgan fingerprint density at radius 3 is 3.83 bits per heavy atom. The lowest BCUT2D eigenvalue weighted by Crippen LogP contribution is -1.81. The number of nitrogens with one attached hydrogen (secondary N) is 1. The van der Waals surface area contributed by atoms with E-state index in [2.05, 4.69) is 5.10 Å². The van der Waals surface area contributed by atoms with Crippen LogP contribution in [0, 0.1) is 0 Å². The Morgan fingerprint density at radius 1 is 2.50 bits per heavy atom. The van der Waals surface area contributed by atoms with Gasteiger partial charge in [-0.1, -0.05) is 0 Å². The van der Waals surface area contributed by atoms with Crippen molar-refractivity contribution >= 4 is 5.82 Å². The predicted octanol–water partition coefficient (Wildman–Crippen LogP) is -0.00810. The van der Waals surface area contributed by atoms with Crippen LogP contribution >= 0.6 is 0 Å². The molecular weight excluding hydrogens is 78.1 g/mol. The van der Waals surface area contributed by atoms with Crippen LogP contribution in [0.5, 0.6) is 0 Å². The Morgan fingerprint density at radius 2 is 3.50 bits per heavy atom. The largest absolute Gasteiger partial charge is 0.382 e. The topological polar surface area (TPSA) is 54.7 Å². The second-order valence-corrected chi connectivity index (χ2v) is 0.760. The molecule has 0 saturated heterocycles. The molecule has 32 valence electrons. The molecule has 6 heavy (non-hydrogen) atoms. The van der Waals surface area contributed by atoms with Crippen molar-refractivity contribution in [2.45, 2.75) is 0 Å². The van der Waals surface area contributed by atoms with Crippen LogP contribution in [0.2, 0.25) is 4.24 Å². The van der Waals surface area contributed by atoms with Crippen molar-refractivity contribution in [2.24, 2.45) is 0 Å². The summed E-state index contributed by atoms with van der Waals surface area (Å²) in [5.74, 6) is -0.315. The minimum atomic E-state index is -0.426. The van der Waals surface area contributed by atoms with E-state index in [0.29, 0.717) is 5.09 Å². The average Bonchev–Trinajstić information content (AvgIpc) is 2.17. The minimum absolute atomic E-state index is 0.103. The van der Waals surface area contributed by atoms with Crippen LogP contribution in [-0.2, 0) is 0 Å². The zero-order valence-electron chi connectivity index (χ0n) is 7.84. The second kappa shape index (κ2) is 1.01. The molecule has 0 amide bonds. The zero-order chi connectivity index (χ0) is 8.59. The van der Waals surface area contributed by atoms with Crippen LogP contribution in [0.1, 0.15) is 2.74 Å². The summed E-state index contributed by atoms with van der Waals surface area (Å²) in [5, 5.41) is 3.67. The first-order valence-electron chi connectivity index (χ1n) is 3.71. The summed E-state index contributed by atoms with van der Waals surface area (Å²) in [4.78, 5) is 0. The van der Waals surface area contributed by atoms with Crippen molar-refractivity contribution < 1.29 is 6.98 Å². The van der Waals surface area contributed by atoms with E-state index in [4.69, 9.17) is 6.98 Å². The van der Waals surface area contributed by atoms with Gasteiger partial charge in [-0.2, -0.15) is 5.10 Å². The molecule has 0 spiro atoms. The van der Waals surface area contributed by atoms with Gasteiger partial charge in [0.05, 0.1) is 2.74 Å². The number of anilines is 1. The Bertz CT molecular complexity index is 268. The lowest BCUT2D eigenvalue weighted by atomic mass is 10.7. The summed E-state index contributed by atoms with van der Waals surface area (Å²) in [7, 11) is 0. The van der Waals surface area contributed by atoms with Gasteiger partial charge < -0.3 is 5.72 Å². The highest BCUT2D eigenvalue weighted by molar-refractivity contribution is 5.22. The molecule has 3 N–H and O–H groups in total. The molecule has 0 fully saturated rings. The molecule has 0 aliphatic carbocycles. The molecule has 0 aromatic carbocycles. The van der Waals surface area contributed by atoms with E-state index >= 15 is 0 Å². The van der Waals surface area contributed by atoms with Crippen molar-refractivity contribution in [1.29, 1.82) is 0 Å². The Hall–Kier alpha value is -0.990. The molecule has 0 radical (unpaired) electrons. The van der Waals surface area contributed by atoms with Gasteiger partial charge in [-0.15, -0.1) is 0 Å². The Labute approximate surface area is 42.4 Å². The molecule has 1 aromatic rings. The summed E-state index contributed by atoms with van der Waals surface area (Å²) < 4.78 is 34.4. The highest BCUT2D eigenvalue weighted by atomic mass is 15.1. The quantitative estimate of drug-likeness (QED) is 0.507. The molecule has 1 rings (SSSR count). The molecule has 0 atom stereocenters. The SMILES string of the molecule is [2H]c1c(N([2H])[2H])nn([2H])c1[2H]. The van der Waals surface area contributed by atoms with Crippen molar-refractivity contribution in [3.63, 3.8) is 0 Å². The van der Waals surface area contributed by atoms with Crippen molar-refractivity contribution in [3.8, 4) is 0 Å². The summed E-state index contributed by atoms with van der Waals surface area (Å²) in [6.45, 7) is 0. The first-order chi connectivity index (χ1) is 5.04. The van der Waals surface area contributed by atoms with Gasteiger partial charge in [-0.25, -0.2) is 0 Å². The number of aromatic nitrogens is 2. The van der Waals surface area contributed by atoms with Gasteiger partial charge >= 0.3 is 0 Å². The molecule has 3 heteroatoms. The van der Waals surface area contributed by atoms with E-state index in [-0.39, 0.29) is 17.6 Å². The molecular formula is C3H5N3. The van der Waals surface area contributed by atoms with Crippen LogP contribution < -0.4 is 5.72 Å². The molecule has 0 aliphatic rings. The maximum atomic E-state index is 7.07. The third kappa shape index (κ3) is 0.337. The minimum Gasteiger partial charge on any atom is -0.382 e. The van der Waals surface area contributed by atoms with Gasteiger partial charge in [0.1, 0.15) is 5.82 Å². The monoisotopic (exact) mass is 88.1 g/mol. The van der Waals surface area contributed by atoms with Gasteiger partial charge in [0, 0.05) is 6.17 Å². The Balaban J connectivity index is 3.19. The standard InChI is InChI=1S/C3H5N3/c4-3-1-2-5-6-3/h1-2H,(H3,4,5,6)/i1D,2D/hD3. The summed E-state index contributed by atoms with van der Waals surface area (Å²) in [6, 6.07) is -0.384. The molecule has 1 heterocycles. The first kappa shape index (κ1) is 0.804. The molecule has 0 unspecified atom stereocenters. The highest BCUT2D eigenvalue weighted by Gasteiger charge is 1.75. The Kier molecular flexibility index (Phi) is 0.135. The predicted molar refractivity (Wildman–Crippen MR) is 23.0 cm³/mol. The molecule has 0 aliphatic heterocycles. The van der Waals surface area contributed by atoms with Crippen molar-refractivity contribution in [2.75, 3.05) is 5.72 Å². The van der Waals surface area contributed by atoms with E-state index in [1.807, 2.05) is 0 Å². The van der Waals surface area contributed by atoms with Gasteiger partial charge in [0.15, 0.2) is 4.24 Å². The van der Waals surface area contributed by atoms with E-state index in [1.165, 1.54) is 0 Å². The first-order valence-corrected chi connectivity index (χ1v) is 1.37. The van der Waals surface area contributed by atoms with E-state index in [9.17, 15) is 0 Å². The van der Waals surface area contributed by atoms with Gasteiger partial charge in [-0.3, -0.25) is 5.09 Å². The summed E-state index contributed by atoms with van der Waals surface area (Å²) >= 11 is 0. The number of nitrogen functional groups attached to an aromatic ring is 1. The lowest BCUT2D eigenvalue weighted by molar-refractivity contribution is 1.10. The maximum absolute atomic E-state index is 7.07.